The van der Waals surface area contributed by atoms with Crippen LogP contribution in [0.5, 0.6) is 0 Å². The average Bonchev–Trinajstić information content (AvgIpc) is 3.05. The number of likely N-dealkylation sites (tertiary alicyclic amines) is 1. The SMILES string of the molecule is O=C(NC1CCN(Cc2ccccc2)CC1)c1nn[nH]n1. The molecule has 1 amide bonds. The van der Waals surface area contributed by atoms with Crippen LogP contribution in [0.25, 0.3) is 0 Å². The van der Waals surface area contributed by atoms with E-state index in [1.165, 1.54) is 5.56 Å². The third-order valence-electron chi connectivity index (χ3n) is 3.72. The normalized spacial score (nSPS) is 16.8. The molecular weight excluding hydrogens is 268 g/mol. The Morgan fingerprint density at radius 3 is 2.71 bits per heavy atom. The molecule has 1 fully saturated rings. The van der Waals surface area contributed by atoms with Crippen molar-refractivity contribution in [2.24, 2.45) is 0 Å². The smallest absolute Gasteiger partial charge is 0.293 e. The number of rotatable bonds is 4. The van der Waals surface area contributed by atoms with Crippen molar-refractivity contribution in [2.45, 2.75) is 25.4 Å². The van der Waals surface area contributed by atoms with Crippen molar-refractivity contribution in [3.63, 3.8) is 0 Å². The Hall–Kier alpha value is -2.28. The van der Waals surface area contributed by atoms with E-state index in [1.54, 1.807) is 0 Å². The van der Waals surface area contributed by atoms with Gasteiger partial charge < -0.3 is 5.32 Å². The Morgan fingerprint density at radius 2 is 2.05 bits per heavy atom. The molecule has 110 valence electrons. The second-order valence-corrected chi connectivity index (χ2v) is 5.24. The molecule has 21 heavy (non-hydrogen) atoms. The summed E-state index contributed by atoms with van der Waals surface area (Å²) in [6, 6.07) is 10.6. The Bertz CT molecular complexity index is 562. The Kier molecular flexibility index (Phi) is 4.20. The van der Waals surface area contributed by atoms with Crippen molar-refractivity contribution >= 4 is 5.91 Å². The molecule has 0 saturated carbocycles. The topological polar surface area (TPSA) is 86.8 Å². The summed E-state index contributed by atoms with van der Waals surface area (Å²) in [5, 5.41) is 16.0. The van der Waals surface area contributed by atoms with Crippen molar-refractivity contribution in [1.29, 1.82) is 0 Å². The number of nitrogens with one attached hydrogen (secondary N) is 2. The number of H-pyrrole nitrogens is 1. The van der Waals surface area contributed by atoms with Gasteiger partial charge in [-0.2, -0.15) is 5.21 Å². The highest BCUT2D eigenvalue weighted by molar-refractivity contribution is 5.90. The molecule has 3 rings (SSSR count). The van der Waals surface area contributed by atoms with Gasteiger partial charge in [-0.3, -0.25) is 9.69 Å². The molecule has 0 unspecified atom stereocenters. The van der Waals surface area contributed by atoms with Crippen LogP contribution >= 0.6 is 0 Å². The van der Waals surface area contributed by atoms with Crippen molar-refractivity contribution in [2.75, 3.05) is 13.1 Å². The number of aromatic amines is 1. The third-order valence-corrected chi connectivity index (χ3v) is 3.72. The van der Waals surface area contributed by atoms with Gasteiger partial charge in [-0.1, -0.05) is 30.3 Å². The molecule has 0 aliphatic carbocycles. The average molecular weight is 286 g/mol. The summed E-state index contributed by atoms with van der Waals surface area (Å²) in [4.78, 5) is 14.2. The van der Waals surface area contributed by atoms with Gasteiger partial charge in [0.25, 0.3) is 11.7 Å². The van der Waals surface area contributed by atoms with Crippen LogP contribution in [0.2, 0.25) is 0 Å². The van der Waals surface area contributed by atoms with Crippen LogP contribution in [0.15, 0.2) is 30.3 Å². The molecule has 0 radical (unpaired) electrons. The third kappa shape index (κ3) is 3.63. The summed E-state index contributed by atoms with van der Waals surface area (Å²) in [6.45, 7) is 2.92. The Labute approximate surface area is 122 Å². The van der Waals surface area contributed by atoms with Gasteiger partial charge in [0.2, 0.25) is 0 Å². The highest BCUT2D eigenvalue weighted by atomic mass is 16.2. The molecule has 2 heterocycles. The highest BCUT2D eigenvalue weighted by Gasteiger charge is 2.22. The summed E-state index contributed by atoms with van der Waals surface area (Å²) in [5.41, 5.74) is 1.33. The van der Waals surface area contributed by atoms with Gasteiger partial charge in [-0.15, -0.1) is 10.2 Å². The second kappa shape index (κ2) is 6.45. The lowest BCUT2D eigenvalue weighted by molar-refractivity contribution is 0.0898. The number of tetrazole rings is 1. The molecule has 2 aromatic rings. The van der Waals surface area contributed by atoms with Crippen molar-refractivity contribution in [1.82, 2.24) is 30.8 Å². The molecular formula is C14H18N6O. The van der Waals surface area contributed by atoms with E-state index in [4.69, 9.17) is 0 Å². The lowest BCUT2D eigenvalue weighted by Crippen LogP contribution is -2.44. The van der Waals surface area contributed by atoms with Gasteiger partial charge in [0, 0.05) is 25.7 Å². The largest absolute Gasteiger partial charge is 0.346 e. The minimum absolute atomic E-state index is 0.0988. The number of aromatic nitrogens is 4. The number of hydrogen-bond donors (Lipinski definition) is 2. The summed E-state index contributed by atoms with van der Waals surface area (Å²) in [7, 11) is 0. The number of benzene rings is 1. The van der Waals surface area contributed by atoms with Crippen LogP contribution in [0.3, 0.4) is 0 Å². The lowest BCUT2D eigenvalue weighted by atomic mass is 10.0. The molecule has 1 aliphatic rings. The zero-order valence-electron chi connectivity index (χ0n) is 11.7. The van der Waals surface area contributed by atoms with Gasteiger partial charge >= 0.3 is 0 Å². The van der Waals surface area contributed by atoms with E-state index in [0.29, 0.717) is 0 Å². The first-order chi connectivity index (χ1) is 10.3. The van der Waals surface area contributed by atoms with Crippen molar-refractivity contribution in [3.8, 4) is 0 Å². The Balaban J connectivity index is 1.46. The minimum Gasteiger partial charge on any atom is -0.346 e. The summed E-state index contributed by atoms with van der Waals surface area (Å²) in [6.07, 6.45) is 1.88. The zero-order chi connectivity index (χ0) is 14.5. The molecule has 1 aromatic heterocycles. The van der Waals surface area contributed by atoms with Crippen molar-refractivity contribution in [3.05, 3.63) is 41.7 Å². The molecule has 1 aromatic carbocycles. The van der Waals surface area contributed by atoms with Gasteiger partial charge in [0.15, 0.2) is 0 Å². The molecule has 7 heteroatoms. The first-order valence-corrected chi connectivity index (χ1v) is 7.12. The van der Waals surface area contributed by atoms with Crippen LogP contribution in [0.4, 0.5) is 0 Å². The number of hydrogen-bond acceptors (Lipinski definition) is 5. The van der Waals surface area contributed by atoms with E-state index in [-0.39, 0.29) is 17.8 Å². The summed E-state index contributed by atoms with van der Waals surface area (Å²) in [5.74, 6) is -0.160. The minimum atomic E-state index is -0.259. The zero-order valence-corrected chi connectivity index (χ0v) is 11.7. The standard InChI is InChI=1S/C14H18N6O/c21-14(13-16-18-19-17-13)15-12-6-8-20(9-7-12)10-11-4-2-1-3-5-11/h1-5,12H,6-10H2,(H,15,21)(H,16,17,18,19). The van der Waals surface area contributed by atoms with E-state index in [1.807, 2.05) is 6.07 Å². The van der Waals surface area contributed by atoms with E-state index >= 15 is 0 Å². The molecule has 0 spiro atoms. The number of carbonyl (C=O) groups is 1. The first kappa shape index (κ1) is 13.7. The van der Waals surface area contributed by atoms with Crippen LogP contribution in [-0.4, -0.2) is 50.6 Å². The van der Waals surface area contributed by atoms with Crippen LogP contribution < -0.4 is 5.32 Å². The quantitative estimate of drug-likeness (QED) is 0.859. The van der Waals surface area contributed by atoms with E-state index in [2.05, 4.69) is 55.1 Å². The summed E-state index contributed by atoms with van der Waals surface area (Å²) < 4.78 is 0. The van der Waals surface area contributed by atoms with E-state index in [9.17, 15) is 4.79 Å². The fourth-order valence-corrected chi connectivity index (χ4v) is 2.58. The van der Waals surface area contributed by atoms with Gasteiger partial charge in [0.05, 0.1) is 0 Å². The molecule has 2 N–H and O–H groups in total. The van der Waals surface area contributed by atoms with Crippen LogP contribution in [0, 0.1) is 0 Å². The van der Waals surface area contributed by atoms with Crippen LogP contribution in [-0.2, 0) is 6.54 Å². The molecule has 7 nitrogen and oxygen atoms in total. The molecule has 1 aliphatic heterocycles. The van der Waals surface area contributed by atoms with Crippen molar-refractivity contribution < 1.29 is 4.79 Å². The fourth-order valence-electron chi connectivity index (χ4n) is 2.58. The van der Waals surface area contributed by atoms with Gasteiger partial charge in [-0.25, -0.2) is 0 Å². The maximum atomic E-state index is 11.8. The monoisotopic (exact) mass is 286 g/mol. The maximum Gasteiger partial charge on any atom is 0.293 e. The predicted molar refractivity (Wildman–Crippen MR) is 76.4 cm³/mol. The lowest BCUT2D eigenvalue weighted by Gasteiger charge is -2.32. The molecule has 0 atom stereocenters. The summed E-state index contributed by atoms with van der Waals surface area (Å²) >= 11 is 0. The van der Waals surface area contributed by atoms with E-state index in [0.717, 1.165) is 32.5 Å². The fraction of sp³-hybridized carbons (Fsp3) is 0.429. The first-order valence-electron chi connectivity index (χ1n) is 7.12. The second-order valence-electron chi connectivity index (χ2n) is 5.24. The van der Waals surface area contributed by atoms with Gasteiger partial charge in [0.1, 0.15) is 0 Å². The number of piperidine rings is 1. The molecule has 1 saturated heterocycles. The van der Waals surface area contributed by atoms with E-state index < -0.39 is 0 Å². The molecule has 0 bridgehead atoms. The van der Waals surface area contributed by atoms with Crippen LogP contribution in [0.1, 0.15) is 29.0 Å². The predicted octanol–water partition coefficient (Wildman–Crippen LogP) is 0.594. The number of nitrogens with zero attached hydrogens (tertiary/aromatic N) is 4. The Morgan fingerprint density at radius 1 is 1.29 bits per heavy atom. The number of amides is 1. The van der Waals surface area contributed by atoms with Gasteiger partial charge in [-0.05, 0) is 23.6 Å². The number of carbonyl (C=O) groups excluding carboxylic acids is 1. The maximum absolute atomic E-state index is 11.8. The highest BCUT2D eigenvalue weighted by Crippen LogP contribution is 2.14.